The zero-order valence-electron chi connectivity index (χ0n) is 15.5. The lowest BCUT2D eigenvalue weighted by molar-refractivity contribution is -0.113. The standard InChI is InChI=1S/C20H22N4O2S/c1-14-15(2)26-19(17(14)12-21)23-18(25)13-27-20(24-10-6-7-11-24)22-16-8-4-3-5-9-16/h3-5,8-9H,6-7,10-11,13H2,1-2H3,(H,23,25). The fourth-order valence-corrected chi connectivity index (χ4v) is 3.73. The molecule has 1 aliphatic heterocycles. The Morgan fingerprint density at radius 2 is 2.00 bits per heavy atom. The molecule has 2 aromatic rings. The number of para-hydroxylation sites is 1. The van der Waals surface area contributed by atoms with Crippen molar-refractivity contribution in [3.8, 4) is 6.07 Å². The number of nitrogens with zero attached hydrogens (tertiary/aromatic N) is 3. The summed E-state index contributed by atoms with van der Waals surface area (Å²) < 4.78 is 5.50. The number of carbonyl (C=O) groups excluding carboxylic acids is 1. The van der Waals surface area contributed by atoms with Gasteiger partial charge in [-0.15, -0.1) is 0 Å². The van der Waals surface area contributed by atoms with Gasteiger partial charge in [-0.05, 0) is 38.8 Å². The number of hydrogen-bond acceptors (Lipinski definition) is 5. The summed E-state index contributed by atoms with van der Waals surface area (Å²) in [6.45, 7) is 5.49. The van der Waals surface area contributed by atoms with E-state index in [4.69, 9.17) is 9.41 Å². The van der Waals surface area contributed by atoms with Crippen LogP contribution in [0.5, 0.6) is 0 Å². The van der Waals surface area contributed by atoms with Crippen LogP contribution in [0.1, 0.15) is 29.7 Å². The van der Waals surface area contributed by atoms with Gasteiger partial charge in [0.1, 0.15) is 17.4 Å². The molecule has 1 aromatic carbocycles. The first-order chi connectivity index (χ1) is 13.1. The Balaban J connectivity index is 1.68. The van der Waals surface area contributed by atoms with E-state index >= 15 is 0 Å². The van der Waals surface area contributed by atoms with Gasteiger partial charge in [-0.2, -0.15) is 5.26 Å². The average Bonchev–Trinajstić information content (AvgIpc) is 3.28. The molecule has 1 amide bonds. The molecular formula is C20H22N4O2S. The first kappa shape index (κ1) is 19.1. The highest BCUT2D eigenvalue weighted by molar-refractivity contribution is 8.14. The van der Waals surface area contributed by atoms with Crippen molar-refractivity contribution in [3.63, 3.8) is 0 Å². The zero-order chi connectivity index (χ0) is 19.2. The summed E-state index contributed by atoms with van der Waals surface area (Å²) in [5.41, 5.74) is 2.00. The Labute approximate surface area is 163 Å². The average molecular weight is 382 g/mol. The smallest absolute Gasteiger partial charge is 0.237 e. The molecule has 2 heterocycles. The van der Waals surface area contributed by atoms with Gasteiger partial charge >= 0.3 is 0 Å². The third-order valence-electron chi connectivity index (χ3n) is 4.44. The van der Waals surface area contributed by atoms with Crippen molar-refractivity contribution < 1.29 is 9.21 Å². The maximum atomic E-state index is 12.4. The van der Waals surface area contributed by atoms with Gasteiger partial charge in [-0.1, -0.05) is 30.0 Å². The number of nitriles is 1. The molecule has 1 aliphatic rings. The van der Waals surface area contributed by atoms with Crippen LogP contribution < -0.4 is 5.32 Å². The molecule has 140 valence electrons. The highest BCUT2D eigenvalue weighted by atomic mass is 32.2. The van der Waals surface area contributed by atoms with Crippen molar-refractivity contribution in [3.05, 3.63) is 47.2 Å². The van der Waals surface area contributed by atoms with Crippen LogP contribution in [0.15, 0.2) is 39.7 Å². The molecule has 1 fully saturated rings. The third kappa shape index (κ3) is 4.72. The molecule has 7 heteroatoms. The first-order valence-corrected chi connectivity index (χ1v) is 9.88. The fourth-order valence-electron chi connectivity index (χ4n) is 2.86. The molecule has 0 radical (unpaired) electrons. The lowest BCUT2D eigenvalue weighted by atomic mass is 10.2. The van der Waals surface area contributed by atoms with E-state index in [9.17, 15) is 10.1 Å². The summed E-state index contributed by atoms with van der Waals surface area (Å²) in [6, 6.07) is 11.8. The van der Waals surface area contributed by atoms with Crippen LogP contribution in [0.4, 0.5) is 11.6 Å². The number of furan rings is 1. The quantitative estimate of drug-likeness (QED) is 0.632. The van der Waals surface area contributed by atoms with E-state index in [1.54, 1.807) is 13.8 Å². The Bertz CT molecular complexity index is 877. The van der Waals surface area contributed by atoms with E-state index in [0.717, 1.165) is 42.3 Å². The second-order valence-electron chi connectivity index (χ2n) is 6.36. The van der Waals surface area contributed by atoms with Gasteiger partial charge in [0.25, 0.3) is 0 Å². The number of hydrogen-bond donors (Lipinski definition) is 1. The predicted octanol–water partition coefficient (Wildman–Crippen LogP) is 4.22. The van der Waals surface area contributed by atoms with Crippen molar-refractivity contribution in [1.82, 2.24) is 4.90 Å². The number of rotatable bonds is 4. The number of anilines is 1. The second kappa shape index (κ2) is 8.78. The molecular weight excluding hydrogens is 360 g/mol. The van der Waals surface area contributed by atoms with Gasteiger partial charge in [-0.25, -0.2) is 4.99 Å². The SMILES string of the molecule is Cc1oc(NC(=O)CSC(=Nc2ccccc2)N2CCCC2)c(C#N)c1C. The van der Waals surface area contributed by atoms with Gasteiger partial charge in [0, 0.05) is 18.7 Å². The lowest BCUT2D eigenvalue weighted by Crippen LogP contribution is -2.27. The molecule has 27 heavy (non-hydrogen) atoms. The van der Waals surface area contributed by atoms with Crippen LogP contribution in [-0.4, -0.2) is 34.8 Å². The van der Waals surface area contributed by atoms with E-state index in [0.29, 0.717) is 11.3 Å². The Morgan fingerprint density at radius 1 is 1.30 bits per heavy atom. The van der Waals surface area contributed by atoms with Crippen LogP contribution in [0, 0.1) is 25.2 Å². The Hall–Kier alpha value is -2.72. The van der Waals surface area contributed by atoms with E-state index in [1.165, 1.54) is 11.8 Å². The number of likely N-dealkylation sites (tertiary alicyclic amines) is 1. The fraction of sp³-hybridized carbons (Fsp3) is 0.350. The van der Waals surface area contributed by atoms with E-state index in [1.807, 2.05) is 30.3 Å². The molecule has 0 saturated carbocycles. The van der Waals surface area contributed by atoms with Gasteiger partial charge < -0.3 is 9.32 Å². The summed E-state index contributed by atoms with van der Waals surface area (Å²) in [5, 5.41) is 12.8. The molecule has 0 bridgehead atoms. The molecule has 6 nitrogen and oxygen atoms in total. The summed E-state index contributed by atoms with van der Waals surface area (Å²) in [7, 11) is 0. The Kier molecular flexibility index (Phi) is 6.20. The normalized spacial score (nSPS) is 14.3. The second-order valence-corrected chi connectivity index (χ2v) is 7.30. The molecule has 3 rings (SSSR count). The summed E-state index contributed by atoms with van der Waals surface area (Å²) >= 11 is 1.40. The summed E-state index contributed by atoms with van der Waals surface area (Å²) in [5.74, 6) is 0.843. The van der Waals surface area contributed by atoms with Crippen LogP contribution in [0.3, 0.4) is 0 Å². The van der Waals surface area contributed by atoms with Crippen molar-refractivity contribution in [2.45, 2.75) is 26.7 Å². The van der Waals surface area contributed by atoms with Gasteiger partial charge in [0.2, 0.25) is 11.8 Å². The maximum absolute atomic E-state index is 12.4. The van der Waals surface area contributed by atoms with Gasteiger partial charge in [-0.3, -0.25) is 10.1 Å². The topological polar surface area (TPSA) is 81.6 Å². The van der Waals surface area contributed by atoms with Crippen LogP contribution in [-0.2, 0) is 4.79 Å². The monoisotopic (exact) mass is 382 g/mol. The molecule has 1 saturated heterocycles. The van der Waals surface area contributed by atoms with Crippen LogP contribution in [0.25, 0.3) is 0 Å². The maximum Gasteiger partial charge on any atom is 0.237 e. The molecule has 0 spiro atoms. The van der Waals surface area contributed by atoms with Crippen LogP contribution in [0.2, 0.25) is 0 Å². The largest absolute Gasteiger partial charge is 0.444 e. The minimum absolute atomic E-state index is 0.200. The number of carbonyl (C=O) groups is 1. The van der Waals surface area contributed by atoms with Gasteiger partial charge in [0.05, 0.1) is 11.4 Å². The predicted molar refractivity (Wildman–Crippen MR) is 108 cm³/mol. The zero-order valence-corrected chi connectivity index (χ0v) is 16.3. The first-order valence-electron chi connectivity index (χ1n) is 8.90. The minimum Gasteiger partial charge on any atom is -0.444 e. The number of aliphatic imine (C=N–C) groups is 1. The minimum atomic E-state index is -0.217. The van der Waals surface area contributed by atoms with Crippen molar-refractivity contribution >= 4 is 34.4 Å². The molecule has 1 N–H and O–H groups in total. The van der Waals surface area contributed by atoms with Gasteiger partial charge in [0.15, 0.2) is 5.17 Å². The lowest BCUT2D eigenvalue weighted by Gasteiger charge is -2.19. The number of benzene rings is 1. The number of aryl methyl sites for hydroxylation is 1. The van der Waals surface area contributed by atoms with Crippen LogP contribution >= 0.6 is 11.8 Å². The number of amides is 1. The Morgan fingerprint density at radius 3 is 2.67 bits per heavy atom. The summed E-state index contributed by atoms with van der Waals surface area (Å²) in [4.78, 5) is 19.3. The van der Waals surface area contributed by atoms with E-state index < -0.39 is 0 Å². The van der Waals surface area contributed by atoms with Crippen molar-refractivity contribution in [1.29, 1.82) is 5.26 Å². The highest BCUT2D eigenvalue weighted by Crippen LogP contribution is 2.26. The van der Waals surface area contributed by atoms with Crippen molar-refractivity contribution in [2.75, 3.05) is 24.2 Å². The number of amidine groups is 1. The molecule has 0 aliphatic carbocycles. The molecule has 0 unspecified atom stereocenters. The van der Waals surface area contributed by atoms with Crippen molar-refractivity contribution in [2.24, 2.45) is 4.99 Å². The van der Waals surface area contributed by atoms with E-state index in [-0.39, 0.29) is 17.5 Å². The molecule has 1 aromatic heterocycles. The molecule has 0 atom stereocenters. The number of thioether (sulfide) groups is 1. The number of nitrogens with one attached hydrogen (secondary N) is 1. The highest BCUT2D eigenvalue weighted by Gasteiger charge is 2.20. The van der Waals surface area contributed by atoms with E-state index in [2.05, 4.69) is 16.3 Å². The summed E-state index contributed by atoms with van der Waals surface area (Å²) in [6.07, 6.45) is 2.27. The third-order valence-corrected chi connectivity index (χ3v) is 5.45.